The molecule has 37 heavy (non-hydrogen) atoms. The lowest BCUT2D eigenvalue weighted by atomic mass is 10.1. The summed E-state index contributed by atoms with van der Waals surface area (Å²) in [5, 5.41) is 11.7. The van der Waals surface area contributed by atoms with Gasteiger partial charge in [0, 0.05) is 41.6 Å². The number of fused-ring (bicyclic) bond motifs is 2. The Hall–Kier alpha value is -4.86. The second kappa shape index (κ2) is 8.98. The number of nitrogens with zero attached hydrogens (tertiary/aromatic N) is 7. The van der Waals surface area contributed by atoms with Gasteiger partial charge in [0.25, 0.3) is 0 Å². The minimum Gasteiger partial charge on any atom is -0.358 e. The van der Waals surface area contributed by atoms with E-state index in [2.05, 4.69) is 60.9 Å². The third-order valence-electron chi connectivity index (χ3n) is 6.05. The number of aryl methyl sites for hydroxylation is 1. The normalized spacial score (nSPS) is 11.6. The quantitative estimate of drug-likeness (QED) is 0.273. The molecule has 0 fully saturated rings. The fourth-order valence-electron chi connectivity index (χ4n) is 4.44. The second-order valence-electron chi connectivity index (χ2n) is 9.52. The van der Waals surface area contributed by atoms with Crippen molar-refractivity contribution in [3.8, 4) is 28.3 Å². The van der Waals surface area contributed by atoms with E-state index >= 15 is 0 Å². The van der Waals surface area contributed by atoms with E-state index in [1.165, 1.54) is 0 Å². The first-order valence-electron chi connectivity index (χ1n) is 12.0. The van der Waals surface area contributed by atoms with E-state index in [0.717, 1.165) is 56.9 Å². The van der Waals surface area contributed by atoms with Crippen LogP contribution in [-0.2, 0) is 0 Å². The molecular formula is C27H26N10. The fourth-order valence-corrected chi connectivity index (χ4v) is 4.44. The van der Waals surface area contributed by atoms with Crippen LogP contribution in [0.15, 0.2) is 67.8 Å². The van der Waals surface area contributed by atoms with Crippen LogP contribution in [0.25, 0.3) is 50.5 Å². The average Bonchev–Trinajstić information content (AvgIpc) is 3.60. The summed E-state index contributed by atoms with van der Waals surface area (Å²) in [6, 6.07) is 6.03. The van der Waals surface area contributed by atoms with E-state index in [9.17, 15) is 0 Å². The van der Waals surface area contributed by atoms with E-state index in [0.29, 0.717) is 23.0 Å². The molecule has 0 saturated heterocycles. The van der Waals surface area contributed by atoms with Crippen LogP contribution in [0, 0.1) is 12.8 Å². The molecule has 10 nitrogen and oxygen atoms in total. The van der Waals surface area contributed by atoms with Crippen LogP contribution in [0.5, 0.6) is 0 Å². The maximum Gasteiger partial charge on any atom is 0.181 e. The summed E-state index contributed by atoms with van der Waals surface area (Å²) in [6.07, 6.45) is 11.8. The third-order valence-corrected chi connectivity index (χ3v) is 6.05. The van der Waals surface area contributed by atoms with E-state index in [1.807, 2.05) is 42.1 Å². The molecule has 6 aromatic rings. The predicted octanol–water partition coefficient (Wildman–Crippen LogP) is 5.42. The first-order chi connectivity index (χ1) is 17.9. The zero-order valence-electron chi connectivity index (χ0n) is 20.8. The average molecular weight is 491 g/mol. The summed E-state index contributed by atoms with van der Waals surface area (Å²) in [4.78, 5) is 25.9. The summed E-state index contributed by atoms with van der Waals surface area (Å²) in [7, 11) is 0. The lowest BCUT2D eigenvalue weighted by Crippen LogP contribution is -2.02. The molecule has 0 spiro atoms. The molecule has 0 aliphatic rings. The van der Waals surface area contributed by atoms with Gasteiger partial charge in [-0.1, -0.05) is 20.4 Å². The van der Waals surface area contributed by atoms with Gasteiger partial charge in [0.1, 0.15) is 11.2 Å². The Bertz CT molecular complexity index is 1750. The van der Waals surface area contributed by atoms with Crippen molar-refractivity contribution in [1.29, 1.82) is 0 Å². The molecule has 0 aliphatic heterocycles. The molecule has 6 aromatic heterocycles. The van der Waals surface area contributed by atoms with Gasteiger partial charge in [0.15, 0.2) is 17.1 Å². The lowest BCUT2D eigenvalue weighted by molar-refractivity contribution is 0.645. The van der Waals surface area contributed by atoms with Gasteiger partial charge in [-0.05, 0) is 37.5 Å². The summed E-state index contributed by atoms with van der Waals surface area (Å²) in [5.74, 6) is 1.16. The monoisotopic (exact) mass is 490 g/mol. The number of rotatable bonds is 7. The van der Waals surface area contributed by atoms with Crippen molar-refractivity contribution >= 4 is 27.9 Å². The van der Waals surface area contributed by atoms with Crippen molar-refractivity contribution in [3.05, 3.63) is 73.5 Å². The van der Waals surface area contributed by atoms with Gasteiger partial charge >= 0.3 is 0 Å². The maximum atomic E-state index is 4.74. The molecule has 0 saturated carbocycles. The molecule has 10 heteroatoms. The maximum absolute atomic E-state index is 4.74. The Labute approximate surface area is 213 Å². The summed E-state index contributed by atoms with van der Waals surface area (Å²) in [5.41, 5.74) is 8.32. The number of pyridine rings is 3. The Kier molecular flexibility index (Phi) is 5.48. The van der Waals surface area contributed by atoms with Crippen LogP contribution in [-0.4, -0.2) is 44.7 Å². The van der Waals surface area contributed by atoms with Crippen LogP contribution < -0.4 is 5.32 Å². The van der Waals surface area contributed by atoms with Crippen molar-refractivity contribution in [2.45, 2.75) is 27.2 Å². The van der Waals surface area contributed by atoms with Crippen molar-refractivity contribution in [2.24, 2.45) is 5.92 Å². The van der Waals surface area contributed by atoms with Gasteiger partial charge in [-0.25, -0.2) is 19.9 Å². The second-order valence-corrected chi connectivity index (χ2v) is 9.52. The highest BCUT2D eigenvalue weighted by Gasteiger charge is 2.17. The standard InChI is InChI=1S/C27H26N10/c1-15(2)7-16(3)32-20-8-18(10-28-12-20)19-9-21-23(35-36-25(21)30-11-19)27-33-24-22(5-6-29-26(24)34-27)37-13-17(4)31-14-37/h5-6,8-15,32H,3,7H2,1-2,4H3,(H,29,33,34)(H,30,35,36). The van der Waals surface area contributed by atoms with Gasteiger partial charge in [-0.15, -0.1) is 0 Å². The van der Waals surface area contributed by atoms with Crippen molar-refractivity contribution in [2.75, 3.05) is 5.32 Å². The molecule has 6 heterocycles. The number of anilines is 1. The van der Waals surface area contributed by atoms with Crippen LogP contribution in [0.1, 0.15) is 26.0 Å². The molecule has 0 aliphatic carbocycles. The van der Waals surface area contributed by atoms with Crippen molar-refractivity contribution < 1.29 is 0 Å². The van der Waals surface area contributed by atoms with Crippen molar-refractivity contribution in [1.82, 2.24) is 44.7 Å². The Morgan fingerprint density at radius 1 is 1.08 bits per heavy atom. The highest BCUT2D eigenvalue weighted by Crippen LogP contribution is 2.30. The Morgan fingerprint density at radius 2 is 1.95 bits per heavy atom. The smallest absolute Gasteiger partial charge is 0.181 e. The number of nitrogens with one attached hydrogen (secondary N) is 3. The molecule has 0 atom stereocenters. The Morgan fingerprint density at radius 3 is 2.76 bits per heavy atom. The molecule has 0 aromatic carbocycles. The van der Waals surface area contributed by atoms with E-state index in [4.69, 9.17) is 4.98 Å². The molecule has 0 radical (unpaired) electrons. The summed E-state index contributed by atoms with van der Waals surface area (Å²) >= 11 is 0. The zero-order valence-corrected chi connectivity index (χ0v) is 20.8. The van der Waals surface area contributed by atoms with Crippen molar-refractivity contribution in [3.63, 3.8) is 0 Å². The molecule has 3 N–H and O–H groups in total. The third kappa shape index (κ3) is 4.33. The molecule has 0 bridgehead atoms. The van der Waals surface area contributed by atoms with Crippen LogP contribution >= 0.6 is 0 Å². The van der Waals surface area contributed by atoms with E-state index < -0.39 is 0 Å². The van der Waals surface area contributed by atoms with Gasteiger partial charge in [0.2, 0.25) is 0 Å². The number of hydrogen-bond donors (Lipinski definition) is 3. The zero-order chi connectivity index (χ0) is 25.5. The van der Waals surface area contributed by atoms with Crippen LogP contribution in [0.2, 0.25) is 0 Å². The number of aromatic nitrogens is 9. The molecule has 6 rings (SSSR count). The number of hydrogen-bond acceptors (Lipinski definition) is 7. The number of imidazole rings is 2. The molecule has 0 unspecified atom stereocenters. The fraction of sp³-hybridized carbons (Fsp3) is 0.185. The minimum absolute atomic E-state index is 0.524. The van der Waals surface area contributed by atoms with E-state index in [-0.39, 0.29) is 0 Å². The number of allylic oxidation sites excluding steroid dienone is 1. The first-order valence-corrected chi connectivity index (χ1v) is 12.0. The topological polar surface area (TPSA) is 126 Å². The highest BCUT2D eigenvalue weighted by atomic mass is 15.2. The molecular weight excluding hydrogens is 464 g/mol. The van der Waals surface area contributed by atoms with Gasteiger partial charge in [-0.2, -0.15) is 5.10 Å². The summed E-state index contributed by atoms with van der Waals surface area (Å²) < 4.78 is 1.95. The minimum atomic E-state index is 0.524. The molecule has 184 valence electrons. The largest absolute Gasteiger partial charge is 0.358 e. The van der Waals surface area contributed by atoms with Gasteiger partial charge in [0.05, 0.1) is 35.0 Å². The summed E-state index contributed by atoms with van der Waals surface area (Å²) in [6.45, 7) is 10.4. The number of H-pyrrole nitrogens is 2. The number of aromatic amines is 2. The SMILES string of the molecule is C=C(CC(C)C)Nc1cncc(-c2cnc3n[nH]c(-c4nc5nccc(-n6cnc(C)c6)c5[nH]4)c3c2)c1. The van der Waals surface area contributed by atoms with Gasteiger partial charge in [-0.3, -0.25) is 10.1 Å². The Balaban J connectivity index is 1.38. The predicted molar refractivity (Wildman–Crippen MR) is 144 cm³/mol. The first kappa shape index (κ1) is 22.6. The van der Waals surface area contributed by atoms with Crippen LogP contribution in [0.3, 0.4) is 0 Å². The van der Waals surface area contributed by atoms with E-state index in [1.54, 1.807) is 24.9 Å². The van der Waals surface area contributed by atoms with Gasteiger partial charge < -0.3 is 14.9 Å². The highest BCUT2D eigenvalue weighted by molar-refractivity contribution is 5.94. The van der Waals surface area contributed by atoms with Crippen LogP contribution in [0.4, 0.5) is 5.69 Å². The molecule has 0 amide bonds. The lowest BCUT2D eigenvalue weighted by Gasteiger charge is -2.12.